The average molecular weight is 410 g/mol. The van der Waals surface area contributed by atoms with Crippen LogP contribution < -0.4 is 9.47 Å². The molecule has 2 aromatic carbocycles. The Morgan fingerprint density at radius 2 is 1.70 bits per heavy atom. The van der Waals surface area contributed by atoms with Gasteiger partial charge in [-0.3, -0.25) is 14.6 Å². The summed E-state index contributed by atoms with van der Waals surface area (Å²) in [5, 5.41) is 0. The first-order chi connectivity index (χ1) is 14.6. The van der Waals surface area contributed by atoms with E-state index < -0.39 is 0 Å². The minimum atomic E-state index is -0.188. The number of para-hydroxylation sites is 2. The predicted molar refractivity (Wildman–Crippen MR) is 117 cm³/mol. The first-order valence-corrected chi connectivity index (χ1v) is 10.7. The van der Waals surface area contributed by atoms with Gasteiger partial charge in [0.2, 0.25) is 5.91 Å². The Hall–Kier alpha value is -2.57. The van der Waals surface area contributed by atoms with Gasteiger partial charge in [-0.05, 0) is 31.7 Å². The topological polar surface area (TPSA) is 45.3 Å². The quantitative estimate of drug-likeness (QED) is 0.734. The van der Waals surface area contributed by atoms with Gasteiger partial charge in [0.25, 0.3) is 0 Å². The summed E-state index contributed by atoms with van der Waals surface area (Å²) in [6.07, 6.45) is -0.0807. The minimum absolute atomic E-state index is 0.0807. The van der Waals surface area contributed by atoms with Crippen molar-refractivity contribution < 1.29 is 14.3 Å². The molecule has 160 valence electrons. The van der Waals surface area contributed by atoms with E-state index in [4.69, 9.17) is 9.47 Å². The van der Waals surface area contributed by atoms with Crippen molar-refractivity contribution in [2.75, 3.05) is 46.4 Å². The molecule has 6 nitrogen and oxygen atoms in total. The average Bonchev–Trinajstić information content (AvgIpc) is 2.79. The third kappa shape index (κ3) is 4.94. The van der Waals surface area contributed by atoms with Gasteiger partial charge >= 0.3 is 0 Å². The Bertz CT molecular complexity index is 837. The Balaban J connectivity index is 1.24. The maximum Gasteiger partial charge on any atom is 0.239 e. The number of likely N-dealkylation sites (N-methyl/N-ethyl adjacent to an activating group) is 1. The number of hydrogen-bond acceptors (Lipinski definition) is 5. The van der Waals surface area contributed by atoms with Crippen molar-refractivity contribution in [1.29, 1.82) is 0 Å². The summed E-state index contributed by atoms with van der Waals surface area (Å²) in [5.41, 5.74) is 1.32. The molecule has 0 saturated carbocycles. The van der Waals surface area contributed by atoms with Crippen LogP contribution in [0.2, 0.25) is 0 Å². The van der Waals surface area contributed by atoms with Gasteiger partial charge in [-0.15, -0.1) is 0 Å². The van der Waals surface area contributed by atoms with Gasteiger partial charge in [-0.2, -0.15) is 0 Å². The molecule has 30 heavy (non-hydrogen) atoms. The SMILES string of the molecule is CC(C(=O)N1CCN(Cc2ccccc2)CC1)N(C)CC1COc2ccccc2O1. The summed E-state index contributed by atoms with van der Waals surface area (Å²) >= 11 is 0. The lowest BCUT2D eigenvalue weighted by Crippen LogP contribution is -2.54. The minimum Gasteiger partial charge on any atom is -0.486 e. The Kier molecular flexibility index (Phi) is 6.55. The lowest BCUT2D eigenvalue weighted by Gasteiger charge is -2.38. The van der Waals surface area contributed by atoms with E-state index in [2.05, 4.69) is 34.1 Å². The van der Waals surface area contributed by atoms with E-state index in [1.54, 1.807) is 0 Å². The fraction of sp³-hybridized carbons (Fsp3) is 0.458. The molecule has 1 fully saturated rings. The zero-order valence-corrected chi connectivity index (χ0v) is 17.9. The lowest BCUT2D eigenvalue weighted by molar-refractivity contribution is -0.138. The van der Waals surface area contributed by atoms with Crippen LogP contribution in [0.5, 0.6) is 11.5 Å². The highest BCUT2D eigenvalue weighted by atomic mass is 16.6. The molecule has 0 aromatic heterocycles. The van der Waals surface area contributed by atoms with Crippen molar-refractivity contribution in [2.45, 2.75) is 25.6 Å². The van der Waals surface area contributed by atoms with Crippen molar-refractivity contribution in [3.05, 3.63) is 60.2 Å². The van der Waals surface area contributed by atoms with E-state index in [1.807, 2.05) is 49.2 Å². The van der Waals surface area contributed by atoms with Crippen LogP contribution in [-0.4, -0.2) is 79.1 Å². The standard InChI is InChI=1S/C24H31N3O3/c1-19(25(2)17-21-18-29-22-10-6-7-11-23(22)30-21)24(28)27-14-12-26(13-15-27)16-20-8-4-3-5-9-20/h3-11,19,21H,12-18H2,1-2H3. The molecule has 2 atom stereocenters. The van der Waals surface area contributed by atoms with Gasteiger partial charge in [0, 0.05) is 39.3 Å². The van der Waals surface area contributed by atoms with Crippen molar-refractivity contribution in [1.82, 2.24) is 14.7 Å². The van der Waals surface area contributed by atoms with Crippen molar-refractivity contribution in [3.63, 3.8) is 0 Å². The summed E-state index contributed by atoms with van der Waals surface area (Å²) < 4.78 is 11.9. The van der Waals surface area contributed by atoms with Crippen LogP contribution in [-0.2, 0) is 11.3 Å². The summed E-state index contributed by atoms with van der Waals surface area (Å²) in [4.78, 5) is 19.5. The first kappa shape index (κ1) is 20.7. The summed E-state index contributed by atoms with van der Waals surface area (Å²) in [7, 11) is 1.98. The van der Waals surface area contributed by atoms with Crippen molar-refractivity contribution in [3.8, 4) is 11.5 Å². The molecule has 1 amide bonds. The molecule has 0 radical (unpaired) electrons. The number of amides is 1. The van der Waals surface area contributed by atoms with Gasteiger partial charge in [0.15, 0.2) is 11.5 Å². The van der Waals surface area contributed by atoms with Crippen LogP contribution >= 0.6 is 0 Å². The number of hydrogen-bond donors (Lipinski definition) is 0. The second-order valence-electron chi connectivity index (χ2n) is 8.20. The molecule has 1 saturated heterocycles. The highest BCUT2D eigenvalue weighted by Crippen LogP contribution is 2.31. The highest BCUT2D eigenvalue weighted by Gasteiger charge is 2.30. The molecule has 2 aliphatic heterocycles. The molecular weight excluding hydrogens is 378 g/mol. The van der Waals surface area contributed by atoms with E-state index in [0.29, 0.717) is 13.2 Å². The number of carbonyl (C=O) groups is 1. The number of fused-ring (bicyclic) bond motifs is 1. The van der Waals surface area contributed by atoms with Gasteiger partial charge < -0.3 is 14.4 Å². The van der Waals surface area contributed by atoms with E-state index in [0.717, 1.165) is 44.2 Å². The molecule has 2 heterocycles. The number of benzene rings is 2. The number of piperazine rings is 1. The predicted octanol–water partition coefficient (Wildman–Crippen LogP) is 2.49. The summed E-state index contributed by atoms with van der Waals surface area (Å²) in [5.74, 6) is 1.75. The van der Waals surface area contributed by atoms with E-state index in [9.17, 15) is 4.79 Å². The molecule has 2 aromatic rings. The van der Waals surface area contributed by atoms with Gasteiger partial charge in [-0.1, -0.05) is 42.5 Å². The fourth-order valence-corrected chi connectivity index (χ4v) is 4.05. The number of nitrogens with zero attached hydrogens (tertiary/aromatic N) is 3. The monoisotopic (exact) mass is 409 g/mol. The van der Waals surface area contributed by atoms with Crippen LogP contribution in [0, 0.1) is 0 Å². The zero-order chi connectivity index (χ0) is 20.9. The molecule has 0 aliphatic carbocycles. The van der Waals surface area contributed by atoms with Crippen molar-refractivity contribution in [2.24, 2.45) is 0 Å². The third-order valence-electron chi connectivity index (χ3n) is 6.01. The lowest BCUT2D eigenvalue weighted by atomic mass is 10.1. The fourth-order valence-electron chi connectivity index (χ4n) is 4.05. The highest BCUT2D eigenvalue weighted by molar-refractivity contribution is 5.81. The molecule has 0 N–H and O–H groups in total. The Labute approximate surface area is 179 Å². The van der Waals surface area contributed by atoms with Gasteiger partial charge in [0.05, 0.1) is 6.04 Å². The molecule has 4 rings (SSSR count). The molecule has 0 spiro atoms. The Morgan fingerprint density at radius 1 is 1.03 bits per heavy atom. The third-order valence-corrected chi connectivity index (χ3v) is 6.01. The second-order valence-corrected chi connectivity index (χ2v) is 8.20. The van der Waals surface area contributed by atoms with Crippen LogP contribution in [0.3, 0.4) is 0 Å². The number of ether oxygens (including phenoxy) is 2. The van der Waals surface area contributed by atoms with Crippen molar-refractivity contribution >= 4 is 5.91 Å². The largest absolute Gasteiger partial charge is 0.486 e. The van der Waals surface area contributed by atoms with E-state index in [1.165, 1.54) is 5.56 Å². The van der Waals surface area contributed by atoms with Gasteiger partial charge in [-0.25, -0.2) is 0 Å². The number of rotatable bonds is 6. The molecule has 0 bridgehead atoms. The molecule has 2 unspecified atom stereocenters. The molecular formula is C24H31N3O3. The number of carbonyl (C=O) groups excluding carboxylic acids is 1. The van der Waals surface area contributed by atoms with Gasteiger partial charge in [0.1, 0.15) is 12.7 Å². The van der Waals surface area contributed by atoms with Crippen LogP contribution in [0.25, 0.3) is 0 Å². The van der Waals surface area contributed by atoms with Crippen LogP contribution in [0.4, 0.5) is 0 Å². The van der Waals surface area contributed by atoms with Crippen LogP contribution in [0.1, 0.15) is 12.5 Å². The van der Waals surface area contributed by atoms with E-state index in [-0.39, 0.29) is 18.1 Å². The summed E-state index contributed by atoms with van der Waals surface area (Å²) in [6, 6.07) is 18.0. The molecule has 6 heteroatoms. The maximum atomic E-state index is 13.0. The zero-order valence-electron chi connectivity index (χ0n) is 17.9. The summed E-state index contributed by atoms with van der Waals surface area (Å²) in [6.45, 7) is 7.45. The molecule has 2 aliphatic rings. The second kappa shape index (κ2) is 9.49. The Morgan fingerprint density at radius 3 is 2.43 bits per heavy atom. The normalized spacial score (nSPS) is 20.2. The van der Waals surface area contributed by atoms with Crippen LogP contribution in [0.15, 0.2) is 54.6 Å². The first-order valence-electron chi connectivity index (χ1n) is 10.7. The van der Waals surface area contributed by atoms with E-state index >= 15 is 0 Å². The smallest absolute Gasteiger partial charge is 0.239 e. The maximum absolute atomic E-state index is 13.0.